The topological polar surface area (TPSA) is 210 Å². The van der Waals surface area contributed by atoms with E-state index < -0.39 is 30.0 Å². The van der Waals surface area contributed by atoms with Crippen molar-refractivity contribution in [3.05, 3.63) is 103 Å². The van der Waals surface area contributed by atoms with E-state index in [1.807, 2.05) is 24.3 Å². The smallest absolute Gasteiger partial charge is 0.296 e. The molecule has 0 aliphatic carbocycles. The second-order valence-electron chi connectivity index (χ2n) is 10.6. The number of hydrogen-bond acceptors (Lipinski definition) is 10. The average molecular weight is 968 g/mol. The van der Waals surface area contributed by atoms with E-state index in [0.717, 1.165) is 11.1 Å². The molecule has 0 spiro atoms. The molecular weight excluding hydrogens is 948 g/mol. The molecule has 0 aromatic heterocycles. The zero-order chi connectivity index (χ0) is 36.1. The summed E-state index contributed by atoms with van der Waals surface area (Å²) in [7, 11) is -9.26. The summed E-state index contributed by atoms with van der Waals surface area (Å²) in [5.41, 5.74) is 14.6. The average Bonchev–Trinajstić information content (AvgIpc) is 3.04. The minimum Gasteiger partial charge on any atom is -0.397 e. The summed E-state index contributed by atoms with van der Waals surface area (Å²) in [6.45, 7) is 0. The second-order valence-corrected chi connectivity index (χ2v) is 16.8. The minimum absolute atomic E-state index is 0.0939. The summed E-state index contributed by atoms with van der Waals surface area (Å²) in [4.78, 5) is -0.940. The summed E-state index contributed by atoms with van der Waals surface area (Å²) >= 11 is 14.2. The number of azo groups is 2. The molecule has 18 heteroatoms. The summed E-state index contributed by atoms with van der Waals surface area (Å²) in [6.07, 6.45) is 0. The molecule has 0 saturated heterocycles. The summed E-state index contributed by atoms with van der Waals surface area (Å²) in [5, 5.41) is 19.2. The number of nitrogens with zero attached hydrogens (tertiary/aromatic N) is 4. The molecule has 0 saturated carbocycles. The zero-order valence-corrected chi connectivity index (χ0v) is 32.9. The molecule has 0 amide bonds. The fourth-order valence-corrected chi connectivity index (χ4v) is 9.15. The highest BCUT2D eigenvalue weighted by Crippen LogP contribution is 2.44. The Hall–Kier alpha value is -3.62. The fourth-order valence-electron chi connectivity index (χ4n) is 5.16. The predicted molar refractivity (Wildman–Crippen MR) is 207 cm³/mol. The van der Waals surface area contributed by atoms with Crippen molar-refractivity contribution in [2.75, 3.05) is 11.5 Å². The van der Waals surface area contributed by atoms with Crippen LogP contribution in [-0.2, 0) is 20.2 Å². The standard InChI is InChI=1S/C32H20Br4N6O6S2/c33-21-9-15(10-22(34)31(21)41-39-25-13-27(49(43,44)45)29(37)19-7-3-1-5-17(19)25)16-11-23(35)32(24(36)12-16)42-40-26-14-28(50(46,47)48)30(38)20-8-4-2-6-18(20)26/h1-14H,37-38H2,(H,43,44,45)(H,46,47,48)/b41-39+,42-40+. The Balaban J connectivity index is 1.35. The Bertz CT molecular complexity index is 2460. The van der Waals surface area contributed by atoms with E-state index in [9.17, 15) is 25.9 Å². The van der Waals surface area contributed by atoms with E-state index in [0.29, 0.717) is 50.8 Å². The molecule has 0 bridgehead atoms. The maximum Gasteiger partial charge on any atom is 0.296 e. The Morgan fingerprint density at radius 3 is 1.08 bits per heavy atom. The SMILES string of the molecule is Nc1c(S(=O)(=O)O)cc(/N=N/c2c(Br)cc(-c3cc(Br)c(/N=N/c4cc(S(=O)(=O)O)c(N)c5ccccc45)c(Br)c3)cc2Br)c2ccccc12. The number of anilines is 2. The van der Waals surface area contributed by atoms with Gasteiger partial charge in [-0.05, 0) is 111 Å². The maximum absolute atomic E-state index is 12.0. The first-order valence-electron chi connectivity index (χ1n) is 13.9. The number of benzene rings is 6. The number of nitrogens with two attached hydrogens (primary N) is 2. The van der Waals surface area contributed by atoms with Gasteiger partial charge < -0.3 is 11.5 Å². The van der Waals surface area contributed by atoms with Gasteiger partial charge in [-0.15, -0.1) is 20.5 Å². The molecule has 6 N–H and O–H groups in total. The molecule has 0 atom stereocenters. The molecule has 0 unspecified atom stereocenters. The number of nitrogen functional groups attached to an aromatic ring is 2. The Morgan fingerprint density at radius 2 is 0.780 bits per heavy atom. The Labute approximate surface area is 318 Å². The maximum atomic E-state index is 12.0. The van der Waals surface area contributed by atoms with Crippen LogP contribution in [-0.4, -0.2) is 25.9 Å². The van der Waals surface area contributed by atoms with Crippen LogP contribution in [0, 0.1) is 0 Å². The van der Waals surface area contributed by atoms with Crippen molar-refractivity contribution >= 4 is 140 Å². The molecule has 0 fully saturated rings. The lowest BCUT2D eigenvalue weighted by Gasteiger charge is -2.11. The Kier molecular flexibility index (Phi) is 10.0. The first kappa shape index (κ1) is 36.2. The third-order valence-corrected chi connectivity index (χ3v) is 11.7. The highest BCUT2D eigenvalue weighted by atomic mass is 79.9. The number of fused-ring (bicyclic) bond motifs is 2. The minimum atomic E-state index is -4.63. The fraction of sp³-hybridized carbons (Fsp3) is 0. The summed E-state index contributed by atoms with van der Waals surface area (Å²) in [6, 6.07) is 23.2. The van der Waals surface area contributed by atoms with Crippen LogP contribution in [0.25, 0.3) is 32.7 Å². The highest BCUT2D eigenvalue weighted by molar-refractivity contribution is 9.11. The molecular formula is C32H20Br4N6O6S2. The quantitative estimate of drug-likeness (QED) is 0.0685. The summed E-state index contributed by atoms with van der Waals surface area (Å²) < 4.78 is 69.8. The van der Waals surface area contributed by atoms with Crippen LogP contribution in [0.15, 0.2) is 133 Å². The molecule has 0 radical (unpaired) electrons. The van der Waals surface area contributed by atoms with E-state index in [4.69, 9.17) is 11.5 Å². The van der Waals surface area contributed by atoms with Gasteiger partial charge in [-0.1, -0.05) is 48.5 Å². The third kappa shape index (κ3) is 7.11. The lowest BCUT2D eigenvalue weighted by Crippen LogP contribution is -2.03. The second kappa shape index (κ2) is 13.8. The van der Waals surface area contributed by atoms with Crippen LogP contribution in [0.5, 0.6) is 0 Å². The van der Waals surface area contributed by atoms with Crippen LogP contribution in [0.1, 0.15) is 0 Å². The van der Waals surface area contributed by atoms with E-state index in [1.165, 1.54) is 12.1 Å². The van der Waals surface area contributed by atoms with Crippen LogP contribution < -0.4 is 11.5 Å². The highest BCUT2D eigenvalue weighted by Gasteiger charge is 2.21. The van der Waals surface area contributed by atoms with Crippen molar-refractivity contribution in [1.29, 1.82) is 0 Å². The van der Waals surface area contributed by atoms with Gasteiger partial charge >= 0.3 is 0 Å². The first-order chi connectivity index (χ1) is 23.5. The van der Waals surface area contributed by atoms with Gasteiger partial charge in [0.25, 0.3) is 20.2 Å². The van der Waals surface area contributed by atoms with Gasteiger partial charge in [0.15, 0.2) is 0 Å². The van der Waals surface area contributed by atoms with Crippen molar-refractivity contribution in [1.82, 2.24) is 0 Å². The number of halogens is 4. The molecule has 6 aromatic rings. The lowest BCUT2D eigenvalue weighted by molar-refractivity contribution is 0.481. The lowest BCUT2D eigenvalue weighted by atomic mass is 10.1. The van der Waals surface area contributed by atoms with Crippen molar-refractivity contribution in [2.45, 2.75) is 9.79 Å². The predicted octanol–water partition coefficient (Wildman–Crippen LogP) is 11.2. The van der Waals surface area contributed by atoms with Gasteiger partial charge in [0.05, 0.1) is 22.7 Å². The van der Waals surface area contributed by atoms with E-state index in [2.05, 4.69) is 84.2 Å². The van der Waals surface area contributed by atoms with Crippen molar-refractivity contribution in [2.24, 2.45) is 20.5 Å². The van der Waals surface area contributed by atoms with Crippen molar-refractivity contribution in [3.8, 4) is 11.1 Å². The van der Waals surface area contributed by atoms with Crippen LogP contribution in [0.4, 0.5) is 34.1 Å². The molecule has 6 rings (SSSR count). The van der Waals surface area contributed by atoms with Gasteiger partial charge in [0.1, 0.15) is 21.2 Å². The van der Waals surface area contributed by atoms with Crippen molar-refractivity contribution < 1.29 is 25.9 Å². The normalized spacial score (nSPS) is 12.5. The van der Waals surface area contributed by atoms with E-state index in [1.54, 1.807) is 48.5 Å². The Morgan fingerprint density at radius 1 is 0.480 bits per heavy atom. The molecule has 254 valence electrons. The van der Waals surface area contributed by atoms with Gasteiger partial charge in [-0.25, -0.2) is 0 Å². The van der Waals surface area contributed by atoms with Gasteiger partial charge in [0.2, 0.25) is 0 Å². The van der Waals surface area contributed by atoms with Crippen LogP contribution >= 0.6 is 63.7 Å². The molecule has 50 heavy (non-hydrogen) atoms. The monoisotopic (exact) mass is 964 g/mol. The molecule has 0 aliphatic rings. The first-order valence-corrected chi connectivity index (χ1v) is 20.0. The molecule has 0 heterocycles. The number of rotatable bonds is 7. The van der Waals surface area contributed by atoms with Crippen LogP contribution in [0.2, 0.25) is 0 Å². The van der Waals surface area contributed by atoms with E-state index in [-0.39, 0.29) is 22.7 Å². The van der Waals surface area contributed by atoms with E-state index >= 15 is 0 Å². The van der Waals surface area contributed by atoms with Gasteiger partial charge in [0, 0.05) is 39.4 Å². The van der Waals surface area contributed by atoms with Crippen LogP contribution in [0.3, 0.4) is 0 Å². The molecule has 12 nitrogen and oxygen atoms in total. The van der Waals surface area contributed by atoms with Gasteiger partial charge in [-0.3, -0.25) is 9.11 Å². The van der Waals surface area contributed by atoms with Gasteiger partial charge in [-0.2, -0.15) is 16.8 Å². The largest absolute Gasteiger partial charge is 0.397 e. The van der Waals surface area contributed by atoms with Crippen molar-refractivity contribution in [3.63, 3.8) is 0 Å². The zero-order valence-electron chi connectivity index (χ0n) is 24.9. The third-order valence-electron chi connectivity index (χ3n) is 7.49. The number of hydrogen-bond donors (Lipinski definition) is 4. The molecule has 0 aliphatic heterocycles. The molecule has 6 aromatic carbocycles. The summed E-state index contributed by atoms with van der Waals surface area (Å²) in [5.74, 6) is 0.